The lowest BCUT2D eigenvalue weighted by Crippen LogP contribution is -2.21. The number of benzene rings is 1. The molecule has 18 heavy (non-hydrogen) atoms. The van der Waals surface area contributed by atoms with E-state index in [4.69, 9.17) is 16.1 Å². The van der Waals surface area contributed by atoms with Crippen LogP contribution in [0.4, 0.5) is 13.2 Å². The first kappa shape index (κ1) is 13.8. The molecule has 0 aliphatic carbocycles. The van der Waals surface area contributed by atoms with Crippen LogP contribution in [-0.4, -0.2) is 17.4 Å². The molecule has 0 aliphatic heterocycles. The molecule has 96 valence electrons. The van der Waals surface area contributed by atoms with E-state index in [1.807, 2.05) is 0 Å². The van der Waals surface area contributed by atoms with Crippen LogP contribution in [0, 0.1) is 11.3 Å². The van der Waals surface area contributed by atoms with Gasteiger partial charge in [-0.05, 0) is 12.1 Å². The van der Waals surface area contributed by atoms with E-state index in [1.165, 1.54) is 0 Å². The molecule has 0 aromatic heterocycles. The van der Waals surface area contributed by atoms with E-state index in [1.54, 1.807) is 6.07 Å². The van der Waals surface area contributed by atoms with Gasteiger partial charge in [0.15, 0.2) is 0 Å². The van der Waals surface area contributed by atoms with Crippen LogP contribution in [0.25, 0.3) is 0 Å². The molecular weight excluding hydrogens is 253 g/mol. The molecule has 8 heteroatoms. The van der Waals surface area contributed by atoms with E-state index < -0.39 is 30.2 Å². The molecule has 0 spiro atoms. The van der Waals surface area contributed by atoms with Gasteiger partial charge in [-0.3, -0.25) is 0 Å². The highest BCUT2D eigenvalue weighted by Crippen LogP contribution is 2.32. The summed E-state index contributed by atoms with van der Waals surface area (Å²) >= 11 is 0. The van der Waals surface area contributed by atoms with Crippen molar-refractivity contribution in [2.45, 2.75) is 12.9 Å². The number of nitrogens with two attached hydrogens (primary N) is 1. The fourth-order valence-electron chi connectivity index (χ4n) is 1.34. The van der Waals surface area contributed by atoms with Gasteiger partial charge in [-0.2, -0.15) is 5.26 Å². The second-order valence-corrected chi connectivity index (χ2v) is 3.14. The first-order chi connectivity index (χ1) is 8.30. The van der Waals surface area contributed by atoms with E-state index in [-0.39, 0.29) is 11.1 Å². The van der Waals surface area contributed by atoms with Gasteiger partial charge in [0.1, 0.15) is 11.3 Å². The van der Waals surface area contributed by atoms with Gasteiger partial charge in [0, 0.05) is 12.1 Å². The number of nitriles is 1. The number of alkyl halides is 3. The highest BCUT2D eigenvalue weighted by molar-refractivity contribution is 5.92. The number of nitrogens with zero attached hydrogens (tertiary/aromatic N) is 1. The molecule has 0 saturated carbocycles. The smallest absolute Gasteiger partial charge is 0.478 e. The molecule has 0 unspecified atom stereocenters. The summed E-state index contributed by atoms with van der Waals surface area (Å²) in [6.45, 7) is -0.449. The van der Waals surface area contributed by atoms with Crippen molar-refractivity contribution in [1.29, 1.82) is 5.26 Å². The quantitative estimate of drug-likeness (QED) is 0.860. The normalized spacial score (nSPS) is 10.8. The van der Waals surface area contributed by atoms with Gasteiger partial charge in [-0.1, -0.05) is 0 Å². The highest BCUT2D eigenvalue weighted by Gasteiger charge is 2.34. The first-order valence-corrected chi connectivity index (χ1v) is 4.55. The third-order valence-corrected chi connectivity index (χ3v) is 2.03. The van der Waals surface area contributed by atoms with Crippen molar-refractivity contribution in [2.24, 2.45) is 5.73 Å². The number of aromatic carboxylic acids is 1. The lowest BCUT2D eigenvalue weighted by molar-refractivity contribution is -0.275. The molecule has 0 amide bonds. The maximum absolute atomic E-state index is 12.2. The summed E-state index contributed by atoms with van der Waals surface area (Å²) in [5.74, 6) is -2.55. The number of hydrogen-bond acceptors (Lipinski definition) is 4. The summed E-state index contributed by atoms with van der Waals surface area (Å²) in [5.41, 5.74) is 4.06. The zero-order valence-electron chi connectivity index (χ0n) is 8.78. The van der Waals surface area contributed by atoms with Gasteiger partial charge in [0.25, 0.3) is 0 Å². The monoisotopic (exact) mass is 260 g/mol. The summed E-state index contributed by atoms with van der Waals surface area (Å²) in [7, 11) is 0. The number of carboxylic acid groups (broad SMARTS) is 1. The third kappa shape index (κ3) is 2.89. The maximum Gasteiger partial charge on any atom is 0.573 e. The fourth-order valence-corrected chi connectivity index (χ4v) is 1.34. The molecule has 0 bridgehead atoms. The zero-order valence-corrected chi connectivity index (χ0v) is 8.78. The van der Waals surface area contributed by atoms with Gasteiger partial charge in [0.2, 0.25) is 0 Å². The molecule has 3 N–H and O–H groups in total. The SMILES string of the molecule is N#Cc1ccc(C(=O)O)c(OC(F)(F)F)c1CN. The minimum absolute atomic E-state index is 0.165. The molecule has 1 aromatic rings. The van der Waals surface area contributed by atoms with Crippen molar-refractivity contribution in [1.82, 2.24) is 0 Å². The molecule has 1 rings (SSSR count). The predicted octanol–water partition coefficient (Wildman–Crippen LogP) is 1.61. The molecule has 0 heterocycles. The summed E-state index contributed by atoms with van der Waals surface area (Å²) in [4.78, 5) is 10.8. The lowest BCUT2D eigenvalue weighted by atomic mass is 10.0. The van der Waals surface area contributed by atoms with Crippen LogP contribution in [0.1, 0.15) is 21.5 Å². The molecule has 0 saturated heterocycles. The first-order valence-electron chi connectivity index (χ1n) is 4.55. The van der Waals surface area contributed by atoms with Crippen molar-refractivity contribution in [3.63, 3.8) is 0 Å². The van der Waals surface area contributed by atoms with E-state index >= 15 is 0 Å². The van der Waals surface area contributed by atoms with E-state index in [2.05, 4.69) is 4.74 Å². The Morgan fingerprint density at radius 1 is 1.50 bits per heavy atom. The Morgan fingerprint density at radius 3 is 2.50 bits per heavy atom. The highest BCUT2D eigenvalue weighted by atomic mass is 19.4. The number of carbonyl (C=O) groups is 1. The molecule has 5 nitrogen and oxygen atoms in total. The molecule has 1 aromatic carbocycles. The summed E-state index contributed by atoms with van der Waals surface area (Å²) in [5, 5.41) is 17.5. The minimum atomic E-state index is -5.07. The average molecular weight is 260 g/mol. The number of carboxylic acids is 1. The Hall–Kier alpha value is -2.27. The second kappa shape index (κ2) is 4.93. The van der Waals surface area contributed by atoms with Gasteiger partial charge < -0.3 is 15.6 Å². The maximum atomic E-state index is 12.2. The Kier molecular flexibility index (Phi) is 3.78. The molecule has 0 radical (unpaired) electrons. The molecule has 0 aliphatic rings. The van der Waals surface area contributed by atoms with Crippen molar-refractivity contribution in [3.8, 4) is 11.8 Å². The lowest BCUT2D eigenvalue weighted by Gasteiger charge is -2.15. The number of halogens is 3. The second-order valence-electron chi connectivity index (χ2n) is 3.14. The van der Waals surface area contributed by atoms with Crippen LogP contribution in [0.15, 0.2) is 12.1 Å². The Labute approximate surface area is 99.2 Å². The van der Waals surface area contributed by atoms with Crippen molar-refractivity contribution in [2.75, 3.05) is 0 Å². The van der Waals surface area contributed by atoms with Crippen LogP contribution in [0.3, 0.4) is 0 Å². The summed E-state index contributed by atoms with van der Waals surface area (Å²) in [6, 6.07) is 3.56. The van der Waals surface area contributed by atoms with Gasteiger partial charge in [0.05, 0.1) is 11.6 Å². The van der Waals surface area contributed by atoms with Gasteiger partial charge >= 0.3 is 12.3 Å². The van der Waals surface area contributed by atoms with E-state index in [9.17, 15) is 18.0 Å². The molecule has 0 atom stereocenters. The summed E-state index contributed by atoms with van der Waals surface area (Å²) in [6.07, 6.45) is -5.07. The van der Waals surface area contributed by atoms with Crippen molar-refractivity contribution in [3.05, 3.63) is 28.8 Å². The van der Waals surface area contributed by atoms with Gasteiger partial charge in [-0.25, -0.2) is 4.79 Å². The average Bonchev–Trinajstić information content (AvgIpc) is 2.25. The third-order valence-electron chi connectivity index (χ3n) is 2.03. The largest absolute Gasteiger partial charge is 0.573 e. The number of hydrogen-bond donors (Lipinski definition) is 2. The summed E-state index contributed by atoms with van der Waals surface area (Å²) < 4.78 is 40.2. The molecular formula is C10H7F3N2O3. The number of rotatable bonds is 3. The van der Waals surface area contributed by atoms with Crippen LogP contribution >= 0.6 is 0 Å². The van der Waals surface area contributed by atoms with Gasteiger partial charge in [-0.15, -0.1) is 13.2 Å². The van der Waals surface area contributed by atoms with Crippen LogP contribution in [-0.2, 0) is 6.54 Å². The predicted molar refractivity (Wildman–Crippen MR) is 52.7 cm³/mol. The van der Waals surface area contributed by atoms with Crippen molar-refractivity contribution >= 4 is 5.97 Å². The Bertz CT molecular complexity index is 520. The van der Waals surface area contributed by atoms with Crippen molar-refractivity contribution < 1.29 is 27.8 Å². The van der Waals surface area contributed by atoms with Crippen LogP contribution in [0.2, 0.25) is 0 Å². The Balaban J connectivity index is 3.49. The Morgan fingerprint density at radius 2 is 2.11 bits per heavy atom. The van der Waals surface area contributed by atoms with E-state index in [0.29, 0.717) is 0 Å². The fraction of sp³-hybridized carbons (Fsp3) is 0.200. The zero-order chi connectivity index (χ0) is 13.9. The topological polar surface area (TPSA) is 96.3 Å². The van der Waals surface area contributed by atoms with E-state index in [0.717, 1.165) is 12.1 Å². The standard InChI is InChI=1S/C10H7F3N2O3/c11-10(12,13)18-8-6(9(16)17)2-1-5(3-14)7(8)4-15/h1-2H,4,15H2,(H,16,17). The van der Waals surface area contributed by atoms with Crippen LogP contribution in [0.5, 0.6) is 5.75 Å². The minimum Gasteiger partial charge on any atom is -0.478 e. The van der Waals surface area contributed by atoms with Crippen LogP contribution < -0.4 is 10.5 Å². The number of ether oxygens (including phenoxy) is 1. The molecule has 0 fully saturated rings.